The Morgan fingerprint density at radius 1 is 1.23 bits per heavy atom. The van der Waals surface area contributed by atoms with Crippen LogP contribution in [-0.4, -0.2) is 48.6 Å². The number of nitrogens with zero attached hydrogens (tertiary/aromatic N) is 2. The highest BCUT2D eigenvalue weighted by molar-refractivity contribution is 5.84. The topological polar surface area (TPSA) is 45.2 Å². The molecule has 1 fully saturated rings. The third-order valence-corrected chi connectivity index (χ3v) is 5.26. The van der Waals surface area contributed by atoms with E-state index in [1.54, 1.807) is 6.20 Å². The van der Waals surface area contributed by atoms with E-state index in [1.165, 1.54) is 0 Å². The highest BCUT2D eigenvalue weighted by Crippen LogP contribution is 2.20. The van der Waals surface area contributed by atoms with Crippen LogP contribution in [0.3, 0.4) is 0 Å². The first-order valence-electron chi connectivity index (χ1n) is 9.62. The van der Waals surface area contributed by atoms with Gasteiger partial charge in [0, 0.05) is 30.9 Å². The summed E-state index contributed by atoms with van der Waals surface area (Å²) in [5.41, 5.74) is 1.03. The molecular weight excluding hydrogens is 329 g/mol. The van der Waals surface area contributed by atoms with Crippen molar-refractivity contribution in [1.29, 1.82) is 0 Å². The number of rotatable bonds is 8. The minimum Gasteiger partial charge on any atom is -0.356 e. The van der Waals surface area contributed by atoms with E-state index in [0.717, 1.165) is 61.8 Å². The minimum atomic E-state index is -0.222. The summed E-state index contributed by atoms with van der Waals surface area (Å²) in [7, 11) is 0. The van der Waals surface area contributed by atoms with Crippen LogP contribution in [0.4, 0.5) is 4.39 Å². The quantitative estimate of drug-likeness (QED) is 0.788. The van der Waals surface area contributed by atoms with Crippen molar-refractivity contribution in [2.45, 2.75) is 32.1 Å². The third-order valence-electron chi connectivity index (χ3n) is 5.26. The average Bonchev–Trinajstić information content (AvgIpc) is 2.67. The molecule has 1 aliphatic rings. The lowest BCUT2D eigenvalue weighted by molar-refractivity contribution is -0.120. The Hall–Kier alpha value is -2.01. The fourth-order valence-electron chi connectivity index (χ4n) is 3.69. The Kier molecular flexibility index (Phi) is 6.95. The first-order valence-corrected chi connectivity index (χ1v) is 9.62. The van der Waals surface area contributed by atoms with Gasteiger partial charge in [0.2, 0.25) is 5.91 Å². The number of likely N-dealkylation sites (tertiary alicyclic amines) is 1. The Morgan fingerprint density at radius 2 is 2.08 bits per heavy atom. The lowest BCUT2D eigenvalue weighted by Crippen LogP contribution is -2.36. The number of piperidine rings is 1. The van der Waals surface area contributed by atoms with Crippen LogP contribution in [0.25, 0.3) is 10.8 Å². The number of fused-ring (bicyclic) bond motifs is 1. The molecule has 2 heterocycles. The summed E-state index contributed by atoms with van der Waals surface area (Å²) in [5, 5.41) is 5.27. The summed E-state index contributed by atoms with van der Waals surface area (Å²) >= 11 is 0. The van der Waals surface area contributed by atoms with E-state index in [9.17, 15) is 9.18 Å². The number of carbonyl (C=O) groups excluding carboxylic acids is 1. The van der Waals surface area contributed by atoms with Crippen LogP contribution < -0.4 is 5.32 Å². The monoisotopic (exact) mass is 357 g/mol. The standard InChI is InChI=1S/C21H28FN3O/c22-8-1-11-25-12-6-17(7-13-25)4-10-24-21(26)15-18-2-3-20-16-23-9-5-19(20)14-18/h2-3,5,9,14,16-17H,1,4,6-8,10-13,15H2,(H,24,26). The largest absolute Gasteiger partial charge is 0.356 e. The molecule has 0 radical (unpaired) electrons. The normalized spacial score (nSPS) is 16.0. The zero-order chi connectivity index (χ0) is 18.2. The number of pyridine rings is 1. The molecule has 1 aliphatic heterocycles. The summed E-state index contributed by atoms with van der Waals surface area (Å²) in [6.45, 7) is 3.52. The lowest BCUT2D eigenvalue weighted by atomic mass is 9.93. The van der Waals surface area contributed by atoms with Gasteiger partial charge in [-0.25, -0.2) is 0 Å². The predicted octanol–water partition coefficient (Wildman–Crippen LogP) is 3.36. The molecule has 0 aliphatic carbocycles. The Balaban J connectivity index is 1.36. The first-order chi connectivity index (χ1) is 12.7. The Labute approximate surface area is 154 Å². The smallest absolute Gasteiger partial charge is 0.224 e. The molecule has 0 spiro atoms. The summed E-state index contributed by atoms with van der Waals surface area (Å²) in [6.07, 6.45) is 8.01. The van der Waals surface area contributed by atoms with E-state index in [4.69, 9.17) is 0 Å². The molecule has 0 unspecified atom stereocenters. The summed E-state index contributed by atoms with van der Waals surface area (Å²) in [6, 6.07) is 8.04. The minimum absolute atomic E-state index is 0.0822. The average molecular weight is 357 g/mol. The number of benzene rings is 1. The van der Waals surface area contributed by atoms with Gasteiger partial charge in [0.1, 0.15) is 0 Å². The van der Waals surface area contributed by atoms with Crippen LogP contribution in [0.1, 0.15) is 31.2 Å². The highest BCUT2D eigenvalue weighted by atomic mass is 19.1. The number of carbonyl (C=O) groups is 1. The van der Waals surface area contributed by atoms with Crippen molar-refractivity contribution in [3.8, 4) is 0 Å². The Morgan fingerprint density at radius 3 is 2.88 bits per heavy atom. The molecule has 0 bridgehead atoms. The van der Waals surface area contributed by atoms with E-state index < -0.39 is 0 Å². The molecule has 1 aromatic carbocycles. The second kappa shape index (κ2) is 9.62. The number of halogens is 1. The van der Waals surface area contributed by atoms with Gasteiger partial charge >= 0.3 is 0 Å². The van der Waals surface area contributed by atoms with Gasteiger partial charge in [-0.2, -0.15) is 0 Å². The molecule has 1 amide bonds. The molecular formula is C21H28FN3O. The molecule has 0 atom stereocenters. The van der Waals surface area contributed by atoms with Crippen molar-refractivity contribution in [3.05, 3.63) is 42.2 Å². The van der Waals surface area contributed by atoms with Gasteiger partial charge in [-0.1, -0.05) is 18.2 Å². The maximum absolute atomic E-state index is 12.2. The van der Waals surface area contributed by atoms with Crippen molar-refractivity contribution in [2.24, 2.45) is 5.92 Å². The first kappa shape index (κ1) is 18.8. The van der Waals surface area contributed by atoms with Gasteiger partial charge in [0.15, 0.2) is 0 Å². The fourth-order valence-corrected chi connectivity index (χ4v) is 3.69. The number of hydrogen-bond acceptors (Lipinski definition) is 3. The molecule has 0 saturated carbocycles. The van der Waals surface area contributed by atoms with Crippen LogP contribution in [0, 0.1) is 5.92 Å². The van der Waals surface area contributed by atoms with E-state index in [0.29, 0.717) is 18.8 Å². The van der Waals surface area contributed by atoms with Crippen molar-refractivity contribution in [1.82, 2.24) is 15.2 Å². The lowest BCUT2D eigenvalue weighted by Gasteiger charge is -2.31. The van der Waals surface area contributed by atoms with E-state index in [2.05, 4.69) is 21.3 Å². The molecule has 140 valence electrons. The summed E-state index contributed by atoms with van der Waals surface area (Å²) in [5.74, 6) is 0.754. The van der Waals surface area contributed by atoms with Crippen molar-refractivity contribution < 1.29 is 9.18 Å². The SMILES string of the molecule is O=C(Cc1ccc2cnccc2c1)NCCC1CCN(CCCF)CC1. The van der Waals surface area contributed by atoms with Gasteiger partial charge in [-0.05, 0) is 61.7 Å². The molecule has 1 N–H and O–H groups in total. The molecule has 5 heteroatoms. The Bertz CT molecular complexity index is 713. The van der Waals surface area contributed by atoms with Gasteiger partial charge in [-0.15, -0.1) is 0 Å². The van der Waals surface area contributed by atoms with Crippen LogP contribution in [-0.2, 0) is 11.2 Å². The second-order valence-electron chi connectivity index (χ2n) is 7.20. The van der Waals surface area contributed by atoms with E-state index in [-0.39, 0.29) is 12.6 Å². The predicted molar refractivity (Wildman–Crippen MR) is 103 cm³/mol. The van der Waals surface area contributed by atoms with Gasteiger partial charge in [0.05, 0.1) is 13.1 Å². The van der Waals surface area contributed by atoms with Crippen molar-refractivity contribution >= 4 is 16.7 Å². The van der Waals surface area contributed by atoms with Gasteiger partial charge in [-0.3, -0.25) is 14.2 Å². The summed E-state index contributed by atoms with van der Waals surface area (Å²) < 4.78 is 12.2. The number of hydrogen-bond donors (Lipinski definition) is 1. The molecule has 1 aromatic heterocycles. The molecule has 4 nitrogen and oxygen atoms in total. The van der Waals surface area contributed by atoms with Crippen molar-refractivity contribution in [2.75, 3.05) is 32.9 Å². The van der Waals surface area contributed by atoms with Crippen LogP contribution in [0.15, 0.2) is 36.7 Å². The third kappa shape index (κ3) is 5.49. The van der Waals surface area contributed by atoms with Crippen LogP contribution in [0.5, 0.6) is 0 Å². The summed E-state index contributed by atoms with van der Waals surface area (Å²) in [4.78, 5) is 18.7. The van der Waals surface area contributed by atoms with Crippen LogP contribution in [0.2, 0.25) is 0 Å². The molecule has 1 saturated heterocycles. The maximum Gasteiger partial charge on any atom is 0.224 e. The molecule has 2 aromatic rings. The number of aromatic nitrogens is 1. The molecule has 26 heavy (non-hydrogen) atoms. The van der Waals surface area contributed by atoms with Gasteiger partial charge < -0.3 is 10.2 Å². The number of nitrogens with one attached hydrogen (secondary N) is 1. The number of amides is 1. The fraction of sp³-hybridized carbons (Fsp3) is 0.524. The number of alkyl halides is 1. The zero-order valence-electron chi connectivity index (χ0n) is 15.3. The maximum atomic E-state index is 12.2. The van der Waals surface area contributed by atoms with Crippen molar-refractivity contribution in [3.63, 3.8) is 0 Å². The van der Waals surface area contributed by atoms with Gasteiger partial charge in [0.25, 0.3) is 0 Å². The van der Waals surface area contributed by atoms with E-state index in [1.807, 2.05) is 24.4 Å². The van der Waals surface area contributed by atoms with E-state index >= 15 is 0 Å². The van der Waals surface area contributed by atoms with Crippen LogP contribution >= 0.6 is 0 Å². The molecule has 3 rings (SSSR count). The highest BCUT2D eigenvalue weighted by Gasteiger charge is 2.18. The second-order valence-corrected chi connectivity index (χ2v) is 7.20. The zero-order valence-corrected chi connectivity index (χ0v) is 15.3.